The second-order valence-corrected chi connectivity index (χ2v) is 6.75. The SMILES string of the molecule is CCOC(=O)C1CC(=O)C=CN1S(=O)(=O)c1ccc(C)cc1. The zero-order chi connectivity index (χ0) is 16.3. The molecule has 0 radical (unpaired) electrons. The Bertz CT molecular complexity index is 706. The van der Waals surface area contributed by atoms with Gasteiger partial charge in [-0.05, 0) is 32.1 Å². The number of rotatable bonds is 4. The first-order valence-corrected chi connectivity index (χ1v) is 8.28. The van der Waals surface area contributed by atoms with Crippen LogP contribution >= 0.6 is 0 Å². The van der Waals surface area contributed by atoms with Crippen LogP contribution in [0.2, 0.25) is 0 Å². The highest BCUT2D eigenvalue weighted by atomic mass is 32.2. The van der Waals surface area contributed by atoms with Crippen molar-refractivity contribution < 1.29 is 22.7 Å². The minimum absolute atomic E-state index is 0.0615. The number of hydrogen-bond acceptors (Lipinski definition) is 5. The summed E-state index contributed by atoms with van der Waals surface area (Å²) < 4.78 is 31.1. The molecule has 0 fully saturated rings. The smallest absolute Gasteiger partial charge is 0.330 e. The van der Waals surface area contributed by atoms with Gasteiger partial charge in [0.1, 0.15) is 6.04 Å². The molecule has 0 saturated heterocycles. The van der Waals surface area contributed by atoms with Crippen molar-refractivity contribution >= 4 is 21.8 Å². The van der Waals surface area contributed by atoms with Crippen molar-refractivity contribution in [2.75, 3.05) is 6.61 Å². The number of ketones is 1. The van der Waals surface area contributed by atoms with Gasteiger partial charge in [-0.2, -0.15) is 0 Å². The van der Waals surface area contributed by atoms with E-state index in [2.05, 4.69) is 0 Å². The predicted molar refractivity (Wildman–Crippen MR) is 79.4 cm³/mol. The molecular weight excluding hydrogens is 306 g/mol. The van der Waals surface area contributed by atoms with Crippen molar-refractivity contribution in [2.24, 2.45) is 0 Å². The molecule has 0 N–H and O–H groups in total. The Morgan fingerprint density at radius 3 is 2.55 bits per heavy atom. The fourth-order valence-electron chi connectivity index (χ4n) is 2.11. The van der Waals surface area contributed by atoms with Crippen molar-refractivity contribution in [1.29, 1.82) is 0 Å². The lowest BCUT2D eigenvalue weighted by atomic mass is 10.1. The summed E-state index contributed by atoms with van der Waals surface area (Å²) in [6.45, 7) is 3.58. The van der Waals surface area contributed by atoms with Crippen LogP contribution in [-0.4, -0.2) is 37.1 Å². The maximum Gasteiger partial charge on any atom is 0.330 e. The molecule has 2 rings (SSSR count). The minimum Gasteiger partial charge on any atom is -0.464 e. The molecule has 1 heterocycles. The van der Waals surface area contributed by atoms with E-state index in [1.165, 1.54) is 12.1 Å². The van der Waals surface area contributed by atoms with Crippen molar-refractivity contribution in [1.82, 2.24) is 4.31 Å². The van der Waals surface area contributed by atoms with Crippen LogP contribution in [0.25, 0.3) is 0 Å². The largest absolute Gasteiger partial charge is 0.464 e. The molecule has 0 aliphatic carbocycles. The third-order valence-electron chi connectivity index (χ3n) is 3.26. The van der Waals surface area contributed by atoms with Crippen LogP contribution in [0.15, 0.2) is 41.4 Å². The number of esters is 1. The highest BCUT2D eigenvalue weighted by Crippen LogP contribution is 2.24. The molecule has 22 heavy (non-hydrogen) atoms. The highest BCUT2D eigenvalue weighted by molar-refractivity contribution is 7.89. The summed E-state index contributed by atoms with van der Waals surface area (Å²) in [7, 11) is -3.92. The minimum atomic E-state index is -3.92. The van der Waals surface area contributed by atoms with Gasteiger partial charge in [0.25, 0.3) is 10.0 Å². The summed E-state index contributed by atoms with van der Waals surface area (Å²) >= 11 is 0. The van der Waals surface area contributed by atoms with Gasteiger partial charge in [-0.25, -0.2) is 13.2 Å². The van der Waals surface area contributed by atoms with Crippen LogP contribution in [0.3, 0.4) is 0 Å². The van der Waals surface area contributed by atoms with E-state index in [1.807, 2.05) is 6.92 Å². The summed E-state index contributed by atoms with van der Waals surface area (Å²) in [5.41, 5.74) is 0.922. The molecule has 1 aliphatic rings. The first kappa shape index (κ1) is 16.2. The fourth-order valence-corrected chi connectivity index (χ4v) is 3.55. The third kappa shape index (κ3) is 3.19. The van der Waals surface area contributed by atoms with E-state index in [-0.39, 0.29) is 23.7 Å². The topological polar surface area (TPSA) is 80.8 Å². The van der Waals surface area contributed by atoms with E-state index in [9.17, 15) is 18.0 Å². The Morgan fingerprint density at radius 2 is 1.95 bits per heavy atom. The zero-order valence-corrected chi connectivity index (χ0v) is 13.2. The number of aryl methyl sites for hydroxylation is 1. The molecule has 7 heteroatoms. The highest BCUT2D eigenvalue weighted by Gasteiger charge is 2.37. The Balaban J connectivity index is 2.41. The summed E-state index contributed by atoms with van der Waals surface area (Å²) in [6, 6.07) is 5.12. The van der Waals surface area contributed by atoms with E-state index >= 15 is 0 Å². The van der Waals surface area contributed by atoms with Crippen LogP contribution in [0.5, 0.6) is 0 Å². The third-order valence-corrected chi connectivity index (χ3v) is 5.06. The van der Waals surface area contributed by atoms with E-state index in [0.29, 0.717) is 0 Å². The lowest BCUT2D eigenvalue weighted by Crippen LogP contribution is -2.45. The maximum atomic E-state index is 12.7. The zero-order valence-electron chi connectivity index (χ0n) is 12.4. The van der Waals surface area contributed by atoms with Gasteiger partial charge in [0.15, 0.2) is 5.78 Å². The molecule has 1 unspecified atom stereocenters. The van der Waals surface area contributed by atoms with Crippen molar-refractivity contribution in [3.63, 3.8) is 0 Å². The number of hydrogen-bond donors (Lipinski definition) is 0. The van der Waals surface area contributed by atoms with E-state index in [4.69, 9.17) is 4.74 Å². The van der Waals surface area contributed by atoms with Gasteiger partial charge in [-0.1, -0.05) is 17.7 Å². The van der Waals surface area contributed by atoms with Gasteiger partial charge in [0.05, 0.1) is 11.5 Å². The first-order chi connectivity index (χ1) is 10.4. The molecule has 0 spiro atoms. The van der Waals surface area contributed by atoms with Gasteiger partial charge in [0, 0.05) is 12.6 Å². The Kier molecular flexibility index (Phi) is 4.65. The monoisotopic (exact) mass is 323 g/mol. The van der Waals surface area contributed by atoms with Gasteiger partial charge >= 0.3 is 5.97 Å². The Labute approximate surface area is 129 Å². The van der Waals surface area contributed by atoms with Gasteiger partial charge < -0.3 is 4.74 Å². The molecule has 1 atom stereocenters. The lowest BCUT2D eigenvalue weighted by Gasteiger charge is -2.30. The second kappa shape index (κ2) is 6.31. The van der Waals surface area contributed by atoms with Crippen LogP contribution < -0.4 is 0 Å². The molecule has 118 valence electrons. The molecule has 0 saturated carbocycles. The van der Waals surface area contributed by atoms with Crippen molar-refractivity contribution in [2.45, 2.75) is 31.2 Å². The van der Waals surface area contributed by atoms with Crippen LogP contribution in [0.1, 0.15) is 18.9 Å². The number of carbonyl (C=O) groups is 2. The Morgan fingerprint density at radius 1 is 1.32 bits per heavy atom. The van der Waals surface area contributed by atoms with Crippen molar-refractivity contribution in [3.05, 3.63) is 42.1 Å². The van der Waals surface area contributed by atoms with E-state index in [1.54, 1.807) is 19.1 Å². The number of benzene rings is 1. The summed E-state index contributed by atoms with van der Waals surface area (Å²) in [6.07, 6.45) is 2.06. The summed E-state index contributed by atoms with van der Waals surface area (Å²) in [5, 5.41) is 0. The van der Waals surface area contributed by atoms with Crippen LogP contribution in [0.4, 0.5) is 0 Å². The number of carbonyl (C=O) groups excluding carboxylic acids is 2. The standard InChI is InChI=1S/C15H17NO5S/c1-3-21-15(18)14-10-12(17)8-9-16(14)22(19,20)13-6-4-11(2)5-7-13/h4-9,14H,3,10H2,1-2H3. The summed E-state index contributed by atoms with van der Waals surface area (Å²) in [4.78, 5) is 23.6. The van der Waals surface area contributed by atoms with E-state index in [0.717, 1.165) is 22.1 Å². The molecule has 1 aromatic carbocycles. The van der Waals surface area contributed by atoms with E-state index < -0.39 is 22.0 Å². The van der Waals surface area contributed by atoms with Crippen LogP contribution in [0, 0.1) is 6.92 Å². The second-order valence-electron chi connectivity index (χ2n) is 4.90. The predicted octanol–water partition coefficient (Wildman–Crippen LogP) is 1.40. The molecule has 1 aromatic rings. The summed E-state index contributed by atoms with van der Waals surface area (Å²) in [5.74, 6) is -1.04. The quantitative estimate of drug-likeness (QED) is 0.783. The maximum absolute atomic E-state index is 12.7. The van der Waals surface area contributed by atoms with Gasteiger partial charge in [-0.15, -0.1) is 0 Å². The fraction of sp³-hybridized carbons (Fsp3) is 0.333. The van der Waals surface area contributed by atoms with Crippen molar-refractivity contribution in [3.8, 4) is 0 Å². The molecule has 0 bridgehead atoms. The normalized spacial score (nSPS) is 18.4. The van der Waals surface area contributed by atoms with Gasteiger partial charge in [-0.3, -0.25) is 9.10 Å². The number of ether oxygens (including phenoxy) is 1. The molecular formula is C15H17NO5S. The van der Waals surface area contributed by atoms with Gasteiger partial charge in [0.2, 0.25) is 0 Å². The van der Waals surface area contributed by atoms with Crippen LogP contribution in [-0.2, 0) is 24.3 Å². The molecule has 6 nitrogen and oxygen atoms in total. The molecule has 0 aromatic heterocycles. The first-order valence-electron chi connectivity index (χ1n) is 6.84. The molecule has 1 aliphatic heterocycles. The average molecular weight is 323 g/mol. The average Bonchev–Trinajstić information content (AvgIpc) is 2.47. The Hall–Kier alpha value is -2.15. The number of nitrogens with zero attached hydrogens (tertiary/aromatic N) is 1. The number of allylic oxidation sites excluding steroid dienone is 1. The lowest BCUT2D eigenvalue weighted by molar-refractivity contribution is -0.148. The number of sulfonamides is 1. The molecule has 0 amide bonds.